The van der Waals surface area contributed by atoms with Gasteiger partial charge in [-0.1, -0.05) is 37.4 Å². The van der Waals surface area contributed by atoms with Crippen LogP contribution in [0.1, 0.15) is 18.1 Å². The Morgan fingerprint density at radius 1 is 1.39 bits per heavy atom. The third-order valence-electron chi connectivity index (χ3n) is 2.89. The van der Waals surface area contributed by atoms with Gasteiger partial charge in [0.05, 0.1) is 0 Å². The minimum Gasteiger partial charge on any atom is -0.388 e. The van der Waals surface area contributed by atoms with Crippen molar-refractivity contribution < 1.29 is 0 Å². The van der Waals surface area contributed by atoms with E-state index in [1.807, 2.05) is 19.2 Å². The molecule has 0 spiro atoms. The van der Waals surface area contributed by atoms with E-state index in [1.165, 1.54) is 11.1 Å². The summed E-state index contributed by atoms with van der Waals surface area (Å²) in [5.41, 5.74) is 5.53. The highest BCUT2D eigenvalue weighted by Gasteiger charge is 2.09. The van der Waals surface area contributed by atoms with Gasteiger partial charge in [-0.25, -0.2) is 0 Å². The first-order valence-corrected chi connectivity index (χ1v) is 6.19. The molecule has 0 aliphatic carbocycles. The highest BCUT2D eigenvalue weighted by atomic mass is 14.9. The number of benzene rings is 1. The molecule has 2 N–H and O–H groups in total. The first kappa shape index (κ1) is 14.1. The molecule has 0 radical (unpaired) electrons. The van der Waals surface area contributed by atoms with Crippen LogP contribution in [0.4, 0.5) is 5.69 Å². The van der Waals surface area contributed by atoms with Crippen LogP contribution in [0.15, 0.2) is 49.2 Å². The average Bonchev–Trinajstić information content (AvgIpc) is 2.37. The molecule has 0 unspecified atom stereocenters. The summed E-state index contributed by atoms with van der Waals surface area (Å²) in [5, 5.41) is 6.46. The fraction of sp³-hybridized carbons (Fsp3) is 0.250. The van der Waals surface area contributed by atoms with Crippen molar-refractivity contribution in [2.45, 2.75) is 13.8 Å². The maximum absolute atomic E-state index is 4.09. The maximum Gasteiger partial charge on any atom is 0.0373 e. The molecule has 0 saturated carbocycles. The quantitative estimate of drug-likeness (QED) is 0.743. The predicted octanol–water partition coefficient (Wildman–Crippen LogP) is 3.73. The maximum atomic E-state index is 4.09. The Balaban J connectivity index is 3.27. The van der Waals surface area contributed by atoms with E-state index < -0.39 is 0 Å². The number of rotatable bonds is 6. The Hall–Kier alpha value is -1.96. The van der Waals surface area contributed by atoms with Crippen LogP contribution in [0.3, 0.4) is 0 Å². The van der Waals surface area contributed by atoms with E-state index in [0.717, 1.165) is 23.5 Å². The molecule has 2 heteroatoms. The van der Waals surface area contributed by atoms with Crippen LogP contribution in [-0.2, 0) is 0 Å². The lowest BCUT2D eigenvalue weighted by molar-refractivity contribution is 0.887. The van der Waals surface area contributed by atoms with E-state index in [4.69, 9.17) is 0 Å². The van der Waals surface area contributed by atoms with Crippen molar-refractivity contribution in [3.63, 3.8) is 0 Å². The van der Waals surface area contributed by atoms with Gasteiger partial charge in [-0.2, -0.15) is 0 Å². The Morgan fingerprint density at radius 3 is 2.67 bits per heavy atom. The van der Waals surface area contributed by atoms with Gasteiger partial charge in [0.1, 0.15) is 0 Å². The molecule has 0 saturated heterocycles. The Labute approximate surface area is 110 Å². The number of anilines is 1. The Bertz CT molecular complexity index is 470. The number of likely N-dealkylation sites (N-methyl/N-ethyl adjacent to an activating group) is 1. The monoisotopic (exact) mass is 242 g/mol. The van der Waals surface area contributed by atoms with Crippen LogP contribution in [-0.4, -0.2) is 13.6 Å². The van der Waals surface area contributed by atoms with Gasteiger partial charge in [0.15, 0.2) is 0 Å². The minimum absolute atomic E-state index is 0.859. The predicted molar refractivity (Wildman–Crippen MR) is 81.7 cm³/mol. The van der Waals surface area contributed by atoms with Crippen molar-refractivity contribution in [1.82, 2.24) is 5.32 Å². The first-order valence-electron chi connectivity index (χ1n) is 6.19. The molecule has 1 rings (SSSR count). The van der Waals surface area contributed by atoms with Gasteiger partial charge in [0.2, 0.25) is 0 Å². The zero-order valence-corrected chi connectivity index (χ0v) is 11.5. The minimum atomic E-state index is 0.859. The molecular formula is C16H22N2. The third-order valence-corrected chi connectivity index (χ3v) is 2.89. The normalized spacial score (nSPS) is 10.9. The molecule has 1 aromatic carbocycles. The van der Waals surface area contributed by atoms with Crippen LogP contribution >= 0.6 is 0 Å². The zero-order chi connectivity index (χ0) is 13.5. The molecular weight excluding hydrogens is 220 g/mol. The van der Waals surface area contributed by atoms with Crippen molar-refractivity contribution in [2.75, 3.05) is 18.9 Å². The fourth-order valence-electron chi connectivity index (χ4n) is 1.98. The van der Waals surface area contributed by atoms with Gasteiger partial charge in [0.25, 0.3) is 0 Å². The lowest BCUT2D eigenvalue weighted by Crippen LogP contribution is -2.13. The highest BCUT2D eigenvalue weighted by Crippen LogP contribution is 2.28. The molecule has 2 nitrogen and oxygen atoms in total. The molecule has 0 fully saturated rings. The first-order chi connectivity index (χ1) is 8.65. The van der Waals surface area contributed by atoms with Crippen LogP contribution in [0, 0.1) is 6.92 Å². The highest BCUT2D eigenvalue weighted by molar-refractivity contribution is 5.82. The van der Waals surface area contributed by atoms with E-state index in [9.17, 15) is 0 Å². The fourth-order valence-corrected chi connectivity index (χ4v) is 1.98. The van der Waals surface area contributed by atoms with E-state index in [0.29, 0.717) is 0 Å². The van der Waals surface area contributed by atoms with Gasteiger partial charge in [0, 0.05) is 30.5 Å². The molecule has 1 aromatic rings. The van der Waals surface area contributed by atoms with Crippen molar-refractivity contribution >= 4 is 11.3 Å². The summed E-state index contributed by atoms with van der Waals surface area (Å²) in [4.78, 5) is 0. The second kappa shape index (κ2) is 6.70. The summed E-state index contributed by atoms with van der Waals surface area (Å²) < 4.78 is 0. The number of nitrogens with one attached hydrogen (secondary N) is 2. The number of allylic oxidation sites excluding steroid dienone is 3. The van der Waals surface area contributed by atoms with E-state index in [-0.39, 0.29) is 0 Å². The molecule has 0 aromatic heterocycles. The summed E-state index contributed by atoms with van der Waals surface area (Å²) in [6.07, 6.45) is 3.79. The van der Waals surface area contributed by atoms with Crippen LogP contribution in [0.2, 0.25) is 0 Å². The Morgan fingerprint density at radius 2 is 2.11 bits per heavy atom. The molecule has 18 heavy (non-hydrogen) atoms. The smallest absolute Gasteiger partial charge is 0.0373 e. The average molecular weight is 242 g/mol. The van der Waals surface area contributed by atoms with Gasteiger partial charge in [-0.15, -0.1) is 0 Å². The third kappa shape index (κ3) is 3.04. The molecule has 0 aliphatic rings. The standard InChI is InChI=1S/C16H22N2/c1-6-9-15(13(4)18-7-2)14-10-8-11-16(17-5)12(14)3/h6,8-11,17-18H,1,4,7H2,2-3,5H3/b15-9-. The molecule has 0 aliphatic heterocycles. The molecule has 0 bridgehead atoms. The SMILES string of the molecule is C=C/C=C(/C(=C)NCC)c1cccc(NC)c1C. The molecule has 0 atom stereocenters. The van der Waals surface area contributed by atoms with Crippen molar-refractivity contribution in [3.8, 4) is 0 Å². The summed E-state index contributed by atoms with van der Waals surface area (Å²) in [5.74, 6) is 0. The second-order valence-electron chi connectivity index (χ2n) is 4.05. The van der Waals surface area contributed by atoms with Gasteiger partial charge in [-0.3, -0.25) is 0 Å². The molecule has 0 amide bonds. The summed E-state index contributed by atoms with van der Waals surface area (Å²) in [6, 6.07) is 6.22. The van der Waals surface area contributed by atoms with Crippen molar-refractivity contribution in [1.29, 1.82) is 0 Å². The Kier molecular flexibility index (Phi) is 5.25. The van der Waals surface area contributed by atoms with Crippen LogP contribution in [0.25, 0.3) is 5.57 Å². The summed E-state index contributed by atoms with van der Waals surface area (Å²) >= 11 is 0. The van der Waals surface area contributed by atoms with Crippen molar-refractivity contribution in [3.05, 3.63) is 60.3 Å². The van der Waals surface area contributed by atoms with Gasteiger partial charge >= 0.3 is 0 Å². The molecule has 0 heterocycles. The molecule has 96 valence electrons. The number of hydrogen-bond acceptors (Lipinski definition) is 2. The van der Waals surface area contributed by atoms with Crippen LogP contribution < -0.4 is 10.6 Å². The lowest BCUT2D eigenvalue weighted by Gasteiger charge is -2.16. The van der Waals surface area contributed by atoms with Crippen molar-refractivity contribution in [2.24, 2.45) is 0 Å². The second-order valence-corrected chi connectivity index (χ2v) is 4.05. The largest absolute Gasteiger partial charge is 0.388 e. The summed E-state index contributed by atoms with van der Waals surface area (Å²) in [7, 11) is 1.93. The summed E-state index contributed by atoms with van der Waals surface area (Å²) in [6.45, 7) is 12.9. The van der Waals surface area contributed by atoms with Gasteiger partial charge < -0.3 is 10.6 Å². The zero-order valence-electron chi connectivity index (χ0n) is 11.5. The lowest BCUT2D eigenvalue weighted by atomic mass is 9.96. The van der Waals surface area contributed by atoms with E-state index in [1.54, 1.807) is 6.08 Å². The van der Waals surface area contributed by atoms with E-state index >= 15 is 0 Å². The van der Waals surface area contributed by atoms with E-state index in [2.05, 4.69) is 49.8 Å². The topological polar surface area (TPSA) is 24.1 Å². The van der Waals surface area contributed by atoms with Crippen LogP contribution in [0.5, 0.6) is 0 Å². The van der Waals surface area contributed by atoms with Gasteiger partial charge in [-0.05, 0) is 31.0 Å². The number of hydrogen-bond donors (Lipinski definition) is 2.